The molecule has 0 heterocycles. The van der Waals surface area contributed by atoms with E-state index in [9.17, 15) is 23.1 Å². The zero-order valence-electron chi connectivity index (χ0n) is 13.4. The molecule has 2 aliphatic carbocycles. The lowest BCUT2D eigenvalue weighted by molar-refractivity contribution is -0.128. The van der Waals surface area contributed by atoms with Crippen molar-refractivity contribution < 1.29 is 23.1 Å². The minimum Gasteiger partial charge on any atom is -0.465 e. The Morgan fingerprint density at radius 1 is 1.32 bits per heavy atom. The van der Waals surface area contributed by atoms with Crippen LogP contribution in [0.3, 0.4) is 0 Å². The predicted molar refractivity (Wildman–Crippen MR) is 80.8 cm³/mol. The Balaban J connectivity index is 2.32. The van der Waals surface area contributed by atoms with E-state index in [1.165, 1.54) is 0 Å². The highest BCUT2D eigenvalue weighted by Gasteiger charge is 2.67. The van der Waals surface area contributed by atoms with Crippen LogP contribution in [-0.2, 0) is 14.8 Å². The van der Waals surface area contributed by atoms with Crippen LogP contribution in [0, 0.1) is 5.92 Å². The second kappa shape index (κ2) is 5.11. The van der Waals surface area contributed by atoms with Crippen molar-refractivity contribution in [2.24, 2.45) is 5.92 Å². The molecule has 7 nitrogen and oxygen atoms in total. The van der Waals surface area contributed by atoms with E-state index in [0.29, 0.717) is 25.7 Å². The summed E-state index contributed by atoms with van der Waals surface area (Å²) in [5, 5.41) is 9.05. The van der Waals surface area contributed by atoms with Crippen molar-refractivity contribution in [3.63, 3.8) is 0 Å². The van der Waals surface area contributed by atoms with Crippen LogP contribution in [0.4, 0.5) is 4.79 Å². The van der Waals surface area contributed by atoms with Crippen molar-refractivity contribution in [3.05, 3.63) is 0 Å². The normalized spacial score (nSPS) is 28.1. The SMILES string of the molecule is CC[C@@H]1C[C@@]1(C(=O)NS(=O)(=O)C1CC1)N(C(=O)O)C(C)(C)C. The monoisotopic (exact) mass is 332 g/mol. The molecular weight excluding hydrogens is 308 g/mol. The van der Waals surface area contributed by atoms with Crippen molar-refractivity contribution in [3.8, 4) is 0 Å². The predicted octanol–water partition coefficient (Wildman–Crippen LogP) is 1.54. The van der Waals surface area contributed by atoms with Gasteiger partial charge in [-0.15, -0.1) is 0 Å². The fraction of sp³-hybridized carbons (Fsp3) is 0.857. The molecule has 2 saturated carbocycles. The van der Waals surface area contributed by atoms with Crippen LogP contribution in [0.5, 0.6) is 0 Å². The van der Waals surface area contributed by atoms with Crippen molar-refractivity contribution in [1.29, 1.82) is 0 Å². The number of rotatable bonds is 5. The number of nitrogens with zero attached hydrogens (tertiary/aromatic N) is 1. The molecule has 2 aliphatic rings. The van der Waals surface area contributed by atoms with E-state index >= 15 is 0 Å². The second-order valence-electron chi connectivity index (χ2n) is 7.20. The largest absolute Gasteiger partial charge is 0.465 e. The summed E-state index contributed by atoms with van der Waals surface area (Å²) in [5.74, 6) is -0.860. The van der Waals surface area contributed by atoms with Gasteiger partial charge in [0.25, 0.3) is 5.91 Å². The summed E-state index contributed by atoms with van der Waals surface area (Å²) in [5.41, 5.74) is -2.07. The molecule has 0 aromatic heterocycles. The van der Waals surface area contributed by atoms with Crippen molar-refractivity contribution in [2.45, 2.75) is 69.7 Å². The summed E-state index contributed by atoms with van der Waals surface area (Å²) in [4.78, 5) is 25.5. The fourth-order valence-electron chi connectivity index (χ4n) is 3.19. The van der Waals surface area contributed by atoms with Gasteiger partial charge in [0.05, 0.1) is 5.25 Å². The van der Waals surface area contributed by atoms with Gasteiger partial charge < -0.3 is 5.11 Å². The zero-order valence-corrected chi connectivity index (χ0v) is 14.2. The van der Waals surface area contributed by atoms with Gasteiger partial charge in [0.1, 0.15) is 5.54 Å². The van der Waals surface area contributed by atoms with E-state index in [0.717, 1.165) is 4.90 Å². The van der Waals surface area contributed by atoms with E-state index in [4.69, 9.17) is 0 Å². The van der Waals surface area contributed by atoms with E-state index in [1.807, 2.05) is 6.92 Å². The number of carbonyl (C=O) groups excluding carboxylic acids is 1. The highest BCUT2D eigenvalue weighted by molar-refractivity contribution is 7.90. The topological polar surface area (TPSA) is 104 Å². The molecular formula is C14H24N2O5S. The van der Waals surface area contributed by atoms with Crippen LogP contribution in [0.2, 0.25) is 0 Å². The van der Waals surface area contributed by atoms with Crippen molar-refractivity contribution in [1.82, 2.24) is 9.62 Å². The minimum absolute atomic E-state index is 0.155. The van der Waals surface area contributed by atoms with Crippen LogP contribution in [0.15, 0.2) is 0 Å². The molecule has 2 fully saturated rings. The summed E-state index contributed by atoms with van der Waals surface area (Å²) in [6.07, 6.45) is 0.877. The lowest BCUT2D eigenvalue weighted by Crippen LogP contribution is -2.60. The Morgan fingerprint density at radius 2 is 1.86 bits per heavy atom. The molecule has 0 aliphatic heterocycles. The molecule has 2 N–H and O–H groups in total. The zero-order chi connectivity index (χ0) is 16.9. The molecule has 2 rings (SSSR count). The van der Waals surface area contributed by atoms with Crippen LogP contribution < -0.4 is 4.72 Å². The number of sulfonamides is 1. The van der Waals surface area contributed by atoms with E-state index in [2.05, 4.69) is 4.72 Å². The molecule has 0 aromatic carbocycles. The standard InChI is InChI=1S/C14H24N2O5S/c1-5-9-8-14(9,16(12(18)19)13(2,3)4)11(17)15-22(20,21)10-6-7-10/h9-10H,5-8H2,1-4H3,(H,15,17)(H,18,19)/t9-,14-/m1/s1. The van der Waals surface area contributed by atoms with Crippen molar-refractivity contribution >= 4 is 22.0 Å². The highest BCUT2D eigenvalue weighted by Crippen LogP contribution is 2.53. The number of hydrogen-bond acceptors (Lipinski definition) is 4. The Morgan fingerprint density at radius 3 is 2.18 bits per heavy atom. The first kappa shape index (κ1) is 17.1. The summed E-state index contributed by atoms with van der Waals surface area (Å²) < 4.78 is 26.2. The van der Waals surface area contributed by atoms with Gasteiger partial charge in [-0.1, -0.05) is 13.3 Å². The lowest BCUT2D eigenvalue weighted by atomic mass is 9.99. The summed E-state index contributed by atoms with van der Waals surface area (Å²) >= 11 is 0. The molecule has 0 bridgehead atoms. The Kier molecular flexibility index (Phi) is 3.96. The minimum atomic E-state index is -3.68. The Bertz CT molecular complexity index is 591. The number of amides is 2. The van der Waals surface area contributed by atoms with Gasteiger partial charge in [0.2, 0.25) is 10.0 Å². The van der Waals surface area contributed by atoms with Gasteiger partial charge in [-0.3, -0.25) is 14.4 Å². The highest BCUT2D eigenvalue weighted by atomic mass is 32.2. The number of hydrogen-bond donors (Lipinski definition) is 2. The molecule has 22 heavy (non-hydrogen) atoms. The van der Waals surface area contributed by atoms with E-state index in [-0.39, 0.29) is 5.92 Å². The van der Waals surface area contributed by atoms with Gasteiger partial charge in [-0.05, 0) is 46.0 Å². The van der Waals surface area contributed by atoms with E-state index < -0.39 is 38.4 Å². The molecule has 0 unspecified atom stereocenters. The number of carboxylic acid groups (broad SMARTS) is 1. The molecule has 8 heteroatoms. The quantitative estimate of drug-likeness (QED) is 0.795. The number of carbonyl (C=O) groups is 2. The molecule has 0 saturated heterocycles. The van der Waals surface area contributed by atoms with Crippen LogP contribution in [0.25, 0.3) is 0 Å². The van der Waals surface area contributed by atoms with Gasteiger partial charge >= 0.3 is 6.09 Å². The molecule has 2 amide bonds. The summed E-state index contributed by atoms with van der Waals surface area (Å²) in [6.45, 7) is 6.99. The molecule has 2 atom stereocenters. The first-order chi connectivity index (χ1) is 9.96. The second-order valence-corrected chi connectivity index (χ2v) is 9.16. The Labute approximate surface area is 131 Å². The maximum atomic E-state index is 12.6. The maximum Gasteiger partial charge on any atom is 0.408 e. The third-order valence-corrected chi connectivity index (χ3v) is 6.24. The first-order valence-electron chi connectivity index (χ1n) is 7.56. The molecule has 126 valence electrons. The van der Waals surface area contributed by atoms with Gasteiger partial charge in [-0.2, -0.15) is 0 Å². The third-order valence-electron chi connectivity index (χ3n) is 4.42. The van der Waals surface area contributed by atoms with Gasteiger partial charge in [0, 0.05) is 5.54 Å². The molecule has 0 spiro atoms. The number of nitrogens with one attached hydrogen (secondary N) is 1. The Hall–Kier alpha value is -1.31. The average molecular weight is 332 g/mol. The summed E-state index contributed by atoms with van der Waals surface area (Å²) in [7, 11) is -3.68. The lowest BCUT2D eigenvalue weighted by Gasteiger charge is -2.40. The van der Waals surface area contributed by atoms with Crippen LogP contribution >= 0.6 is 0 Å². The molecule has 0 radical (unpaired) electrons. The summed E-state index contributed by atoms with van der Waals surface area (Å²) in [6, 6.07) is 0. The fourth-order valence-corrected chi connectivity index (χ4v) is 4.55. The van der Waals surface area contributed by atoms with Crippen molar-refractivity contribution in [2.75, 3.05) is 0 Å². The van der Waals surface area contributed by atoms with Gasteiger partial charge in [-0.25, -0.2) is 13.2 Å². The van der Waals surface area contributed by atoms with Crippen LogP contribution in [0.1, 0.15) is 53.4 Å². The first-order valence-corrected chi connectivity index (χ1v) is 9.10. The molecule has 0 aromatic rings. The van der Waals surface area contributed by atoms with Gasteiger partial charge in [0.15, 0.2) is 0 Å². The smallest absolute Gasteiger partial charge is 0.408 e. The third kappa shape index (κ3) is 2.80. The van der Waals surface area contributed by atoms with Crippen LogP contribution in [-0.4, -0.2) is 46.8 Å². The average Bonchev–Trinajstić information content (AvgIpc) is 3.20. The van der Waals surface area contributed by atoms with E-state index in [1.54, 1.807) is 20.8 Å². The maximum absolute atomic E-state index is 12.6.